The van der Waals surface area contributed by atoms with Gasteiger partial charge in [-0.25, -0.2) is 4.98 Å². The van der Waals surface area contributed by atoms with E-state index < -0.39 is 0 Å². The maximum absolute atomic E-state index is 11.3. The van der Waals surface area contributed by atoms with Gasteiger partial charge in [0.25, 0.3) is 0 Å². The fourth-order valence-corrected chi connectivity index (χ4v) is 6.41. The van der Waals surface area contributed by atoms with Gasteiger partial charge in [0.2, 0.25) is 0 Å². The van der Waals surface area contributed by atoms with Crippen LogP contribution in [0.4, 0.5) is 0 Å². The van der Waals surface area contributed by atoms with Crippen molar-refractivity contribution in [3.63, 3.8) is 0 Å². The van der Waals surface area contributed by atoms with Crippen LogP contribution in [-0.4, -0.2) is 15.1 Å². The smallest absolute Gasteiger partial charge is 0.138 e. The largest absolute Gasteiger partial charge is 0.507 e. The normalized spacial score (nSPS) is 12.5. The molecule has 2 N–H and O–H groups in total. The highest BCUT2D eigenvalue weighted by molar-refractivity contribution is 7.25. The summed E-state index contributed by atoms with van der Waals surface area (Å²) < 4.78 is 2.57. The van der Waals surface area contributed by atoms with Gasteiger partial charge in [-0.3, -0.25) is 0 Å². The Morgan fingerprint density at radius 3 is 1.92 bits per heavy atom. The third kappa shape index (κ3) is 4.53. The molecule has 2 heterocycles. The van der Waals surface area contributed by atoms with Gasteiger partial charge in [0.15, 0.2) is 0 Å². The summed E-state index contributed by atoms with van der Waals surface area (Å²) in [5.41, 5.74) is 6.48. The number of fused-ring (bicyclic) bond motifs is 3. The molecule has 4 aromatic carbocycles. The van der Waals surface area contributed by atoms with E-state index in [0.29, 0.717) is 5.75 Å². The van der Waals surface area contributed by atoms with Gasteiger partial charge in [-0.2, -0.15) is 0 Å². The molecule has 0 amide bonds. The molecule has 0 aliphatic heterocycles. The highest BCUT2D eigenvalue weighted by Crippen LogP contribution is 2.43. The molecule has 6 rings (SSSR count). The number of hydrogen-bond acceptors (Lipinski definition) is 3. The highest BCUT2D eigenvalue weighted by atomic mass is 32.1. The lowest BCUT2D eigenvalue weighted by Gasteiger charge is -2.28. The maximum Gasteiger partial charge on any atom is 0.138 e. The number of aromatic amines is 1. The summed E-state index contributed by atoms with van der Waals surface area (Å²) in [6, 6.07) is 29.9. The van der Waals surface area contributed by atoms with Crippen LogP contribution in [0.3, 0.4) is 0 Å². The van der Waals surface area contributed by atoms with E-state index in [0.717, 1.165) is 45.0 Å². The average molecular weight is 531 g/mol. The average Bonchev–Trinajstić information content (AvgIpc) is 3.50. The number of nitrogens with one attached hydrogen (secondary N) is 1. The summed E-state index contributed by atoms with van der Waals surface area (Å²) in [7, 11) is 0. The fraction of sp³-hybridized carbons (Fsp3) is 0.229. The number of nitrogens with zero attached hydrogens (tertiary/aromatic N) is 1. The van der Waals surface area contributed by atoms with Crippen LogP contribution in [0.5, 0.6) is 5.75 Å². The van der Waals surface area contributed by atoms with Crippen molar-refractivity contribution in [2.45, 2.75) is 52.4 Å². The lowest BCUT2D eigenvalue weighted by Crippen LogP contribution is -2.17. The van der Waals surface area contributed by atoms with Gasteiger partial charge < -0.3 is 10.1 Å². The first-order chi connectivity index (χ1) is 18.5. The molecule has 0 aliphatic rings. The highest BCUT2D eigenvalue weighted by Gasteiger charge is 2.28. The molecule has 0 saturated carbocycles. The molecule has 0 spiro atoms. The number of thiophene rings is 1. The van der Waals surface area contributed by atoms with Gasteiger partial charge in [-0.1, -0.05) is 96.1 Å². The molecule has 0 radical (unpaired) electrons. The number of hydrogen-bond donors (Lipinski definition) is 2. The maximum atomic E-state index is 11.3. The van der Waals surface area contributed by atoms with Crippen LogP contribution in [0.1, 0.15) is 52.7 Å². The third-order valence-corrected chi connectivity index (χ3v) is 8.57. The van der Waals surface area contributed by atoms with Crippen LogP contribution in [0.2, 0.25) is 0 Å². The van der Waals surface area contributed by atoms with E-state index in [-0.39, 0.29) is 10.8 Å². The lowest BCUT2D eigenvalue weighted by atomic mass is 9.78. The van der Waals surface area contributed by atoms with Gasteiger partial charge >= 0.3 is 0 Å². The molecule has 39 heavy (non-hydrogen) atoms. The Morgan fingerprint density at radius 1 is 0.641 bits per heavy atom. The van der Waals surface area contributed by atoms with E-state index in [1.165, 1.54) is 20.2 Å². The minimum absolute atomic E-state index is 0.219. The van der Waals surface area contributed by atoms with E-state index in [1.807, 2.05) is 17.4 Å². The lowest BCUT2D eigenvalue weighted by molar-refractivity contribution is 0.423. The molecule has 0 unspecified atom stereocenters. The SMILES string of the molecule is CC(C)(C)c1cc(-c2nc(-c3ccc4sc5ccccc5c4c3)c(-c3ccccc3)[nH]2)cc(C(C)(C)C)c1O. The first-order valence-corrected chi connectivity index (χ1v) is 14.3. The third-order valence-electron chi connectivity index (χ3n) is 7.42. The fourth-order valence-electron chi connectivity index (χ4n) is 5.32. The van der Waals surface area contributed by atoms with Crippen LogP contribution in [0.15, 0.2) is 84.9 Å². The van der Waals surface area contributed by atoms with Crippen molar-refractivity contribution in [2.75, 3.05) is 0 Å². The van der Waals surface area contributed by atoms with Crippen LogP contribution in [-0.2, 0) is 10.8 Å². The van der Waals surface area contributed by atoms with Crippen molar-refractivity contribution in [1.29, 1.82) is 0 Å². The molecular formula is C35H34N2OS. The molecule has 0 saturated heterocycles. The summed E-state index contributed by atoms with van der Waals surface area (Å²) in [5, 5.41) is 13.8. The first kappa shape index (κ1) is 25.4. The zero-order chi connectivity index (χ0) is 27.5. The first-order valence-electron chi connectivity index (χ1n) is 13.5. The summed E-state index contributed by atoms with van der Waals surface area (Å²) >= 11 is 1.83. The van der Waals surface area contributed by atoms with Gasteiger partial charge in [0.05, 0.1) is 11.4 Å². The molecule has 0 fully saturated rings. The van der Waals surface area contributed by atoms with Crippen molar-refractivity contribution in [3.05, 3.63) is 96.1 Å². The summed E-state index contributed by atoms with van der Waals surface area (Å²) in [6.45, 7) is 12.8. The Bertz CT molecular complexity index is 1790. The monoisotopic (exact) mass is 530 g/mol. The summed E-state index contributed by atoms with van der Waals surface area (Å²) in [4.78, 5) is 8.92. The van der Waals surface area contributed by atoms with E-state index in [1.54, 1.807) is 0 Å². The van der Waals surface area contributed by atoms with Gasteiger partial charge in [-0.15, -0.1) is 11.3 Å². The topological polar surface area (TPSA) is 48.9 Å². The Hall–Kier alpha value is -3.89. The number of aromatic nitrogens is 2. The predicted molar refractivity (Wildman–Crippen MR) is 167 cm³/mol. The van der Waals surface area contributed by atoms with E-state index in [9.17, 15) is 5.11 Å². The molecule has 2 aromatic heterocycles. The molecule has 0 atom stereocenters. The predicted octanol–water partition coefficient (Wildman–Crippen LogP) is 10.1. The van der Waals surface area contributed by atoms with Crippen LogP contribution in [0.25, 0.3) is 54.1 Å². The Labute approximate surface area is 234 Å². The number of phenols is 1. The molecule has 3 nitrogen and oxygen atoms in total. The van der Waals surface area contributed by atoms with Gasteiger partial charge in [0.1, 0.15) is 11.6 Å². The number of benzene rings is 4. The zero-order valence-corrected chi connectivity index (χ0v) is 24.2. The zero-order valence-electron chi connectivity index (χ0n) is 23.4. The van der Waals surface area contributed by atoms with Gasteiger partial charge in [-0.05, 0) is 41.2 Å². The quantitative estimate of drug-likeness (QED) is 0.239. The second-order valence-corrected chi connectivity index (χ2v) is 13.5. The van der Waals surface area contributed by atoms with Crippen molar-refractivity contribution in [1.82, 2.24) is 9.97 Å². The molecule has 196 valence electrons. The Kier molecular flexibility index (Phi) is 5.92. The molecule has 0 bridgehead atoms. The van der Waals surface area contributed by atoms with Crippen molar-refractivity contribution in [3.8, 4) is 39.7 Å². The standard InChI is InChI=1S/C35H34N2OS/c1-34(2,3)26-19-23(20-27(32(26)38)35(4,5)6)33-36-30(21-12-8-7-9-13-21)31(37-33)22-16-17-29-25(18-22)24-14-10-11-15-28(24)39-29/h7-20,38H,1-6H3,(H,36,37). The number of imidazole rings is 1. The van der Waals surface area contributed by atoms with Crippen molar-refractivity contribution in [2.24, 2.45) is 0 Å². The van der Waals surface area contributed by atoms with Crippen molar-refractivity contribution >= 4 is 31.5 Å². The van der Waals surface area contributed by atoms with E-state index in [4.69, 9.17) is 4.98 Å². The van der Waals surface area contributed by atoms with E-state index in [2.05, 4.69) is 125 Å². The number of rotatable bonds is 3. The number of H-pyrrole nitrogens is 1. The van der Waals surface area contributed by atoms with Crippen LogP contribution in [0, 0.1) is 0 Å². The molecule has 4 heteroatoms. The number of phenolic OH excluding ortho intramolecular Hbond substituents is 1. The van der Waals surface area contributed by atoms with Crippen molar-refractivity contribution < 1.29 is 5.11 Å². The van der Waals surface area contributed by atoms with Gasteiger partial charge in [0, 0.05) is 48.0 Å². The van der Waals surface area contributed by atoms with E-state index >= 15 is 0 Å². The molecule has 6 aromatic rings. The summed E-state index contributed by atoms with van der Waals surface area (Å²) in [5.74, 6) is 1.18. The molecular weight excluding hydrogens is 496 g/mol. The van der Waals surface area contributed by atoms with Crippen LogP contribution >= 0.6 is 11.3 Å². The Morgan fingerprint density at radius 2 is 1.26 bits per heavy atom. The second-order valence-electron chi connectivity index (χ2n) is 12.4. The Balaban J connectivity index is 1.60. The second kappa shape index (κ2) is 9.10. The minimum atomic E-state index is -0.219. The van der Waals surface area contributed by atoms with Crippen LogP contribution < -0.4 is 0 Å². The molecule has 0 aliphatic carbocycles. The minimum Gasteiger partial charge on any atom is -0.507 e. The summed E-state index contributed by atoms with van der Waals surface area (Å²) in [6.07, 6.45) is 0. The number of aromatic hydroxyl groups is 1.